The van der Waals surface area contributed by atoms with E-state index >= 15 is 0 Å². The first kappa shape index (κ1) is 20.7. The summed E-state index contributed by atoms with van der Waals surface area (Å²) in [5.74, 6) is 1.77. The van der Waals surface area contributed by atoms with E-state index < -0.39 is 0 Å². The quantitative estimate of drug-likeness (QED) is 0.681. The fraction of sp³-hybridized carbons (Fsp3) is 0.619. The van der Waals surface area contributed by atoms with Crippen molar-refractivity contribution in [1.82, 2.24) is 30.0 Å². The first-order valence-corrected chi connectivity index (χ1v) is 10.7. The lowest BCUT2D eigenvalue weighted by Gasteiger charge is -2.36. The Balaban J connectivity index is 1.38. The first-order chi connectivity index (χ1) is 14.7. The van der Waals surface area contributed by atoms with E-state index in [-0.39, 0.29) is 11.9 Å². The number of methoxy groups -OCH3 is 1. The SMILES string of the molecule is COc1cccc([C@H]2CCCCN2C(=O)CCn2nnnc2CN2CCOCC2)c1. The molecule has 4 rings (SSSR count). The number of amides is 1. The summed E-state index contributed by atoms with van der Waals surface area (Å²) in [7, 11) is 1.67. The average molecular weight is 415 g/mol. The molecule has 30 heavy (non-hydrogen) atoms. The van der Waals surface area contributed by atoms with E-state index in [1.165, 1.54) is 0 Å². The maximum atomic E-state index is 13.1. The summed E-state index contributed by atoms with van der Waals surface area (Å²) in [4.78, 5) is 17.4. The van der Waals surface area contributed by atoms with Crippen LogP contribution in [0.2, 0.25) is 0 Å². The average Bonchev–Trinajstić information content (AvgIpc) is 3.25. The summed E-state index contributed by atoms with van der Waals surface area (Å²) < 4.78 is 12.5. The van der Waals surface area contributed by atoms with Crippen molar-refractivity contribution in [3.05, 3.63) is 35.7 Å². The van der Waals surface area contributed by atoms with Gasteiger partial charge in [0.05, 0.1) is 39.5 Å². The lowest BCUT2D eigenvalue weighted by atomic mass is 9.94. The minimum Gasteiger partial charge on any atom is -0.497 e. The number of piperidine rings is 1. The largest absolute Gasteiger partial charge is 0.497 e. The Bertz CT molecular complexity index is 836. The van der Waals surface area contributed by atoms with Gasteiger partial charge in [-0.1, -0.05) is 12.1 Å². The number of carbonyl (C=O) groups is 1. The minimum atomic E-state index is 0.100. The van der Waals surface area contributed by atoms with Crippen LogP contribution in [0.15, 0.2) is 24.3 Å². The summed E-state index contributed by atoms with van der Waals surface area (Å²) >= 11 is 0. The van der Waals surface area contributed by atoms with Gasteiger partial charge in [-0.3, -0.25) is 9.69 Å². The van der Waals surface area contributed by atoms with Crippen LogP contribution in [-0.2, 0) is 22.6 Å². The minimum absolute atomic E-state index is 0.100. The fourth-order valence-corrected chi connectivity index (χ4v) is 4.24. The van der Waals surface area contributed by atoms with E-state index in [2.05, 4.69) is 26.5 Å². The standard InChI is InChI=1S/C21H30N6O3/c1-29-18-6-4-5-17(15-18)19-7-2-3-9-26(19)21(28)8-10-27-20(22-23-24-27)16-25-11-13-30-14-12-25/h4-6,15,19H,2-3,7-14,16H2,1H3/t19-/m1/s1. The van der Waals surface area contributed by atoms with Gasteiger partial charge >= 0.3 is 0 Å². The molecule has 2 aliphatic heterocycles. The number of ether oxygens (including phenoxy) is 2. The lowest BCUT2D eigenvalue weighted by molar-refractivity contribution is -0.135. The van der Waals surface area contributed by atoms with E-state index in [0.717, 1.165) is 69.2 Å². The molecule has 1 aromatic carbocycles. The molecule has 0 aliphatic carbocycles. The Hall–Kier alpha value is -2.52. The molecule has 2 aromatic rings. The molecule has 0 unspecified atom stereocenters. The molecule has 1 aromatic heterocycles. The monoisotopic (exact) mass is 414 g/mol. The molecule has 0 radical (unpaired) electrons. The Kier molecular flexibility index (Phi) is 6.91. The van der Waals surface area contributed by atoms with E-state index in [9.17, 15) is 4.79 Å². The molecule has 1 atom stereocenters. The molecule has 162 valence electrons. The van der Waals surface area contributed by atoms with Gasteiger partial charge < -0.3 is 14.4 Å². The molecule has 2 saturated heterocycles. The van der Waals surface area contributed by atoms with Crippen molar-refractivity contribution < 1.29 is 14.3 Å². The predicted octanol–water partition coefficient (Wildman–Crippen LogP) is 1.66. The molecular formula is C21H30N6O3. The van der Waals surface area contributed by atoms with Gasteiger partial charge in [-0.15, -0.1) is 5.10 Å². The zero-order valence-corrected chi connectivity index (χ0v) is 17.6. The maximum Gasteiger partial charge on any atom is 0.224 e. The van der Waals surface area contributed by atoms with Crippen molar-refractivity contribution in [1.29, 1.82) is 0 Å². The van der Waals surface area contributed by atoms with E-state index in [1.54, 1.807) is 11.8 Å². The van der Waals surface area contributed by atoms with Crippen LogP contribution in [0.25, 0.3) is 0 Å². The van der Waals surface area contributed by atoms with Crippen molar-refractivity contribution >= 4 is 5.91 Å². The van der Waals surface area contributed by atoms with Gasteiger partial charge in [0.25, 0.3) is 0 Å². The molecule has 2 aliphatic rings. The second-order valence-corrected chi connectivity index (χ2v) is 7.83. The highest BCUT2D eigenvalue weighted by Crippen LogP contribution is 2.33. The molecule has 0 saturated carbocycles. The topological polar surface area (TPSA) is 85.6 Å². The summed E-state index contributed by atoms with van der Waals surface area (Å²) in [6.07, 6.45) is 3.54. The zero-order valence-electron chi connectivity index (χ0n) is 17.6. The number of tetrazole rings is 1. The molecular weight excluding hydrogens is 384 g/mol. The number of hydrogen-bond acceptors (Lipinski definition) is 7. The Morgan fingerprint density at radius 2 is 2.10 bits per heavy atom. The highest BCUT2D eigenvalue weighted by atomic mass is 16.5. The van der Waals surface area contributed by atoms with Crippen LogP contribution in [-0.4, -0.2) is 75.9 Å². The van der Waals surface area contributed by atoms with Crippen LogP contribution in [0.5, 0.6) is 5.75 Å². The van der Waals surface area contributed by atoms with Crippen molar-refractivity contribution in [3.8, 4) is 5.75 Å². The van der Waals surface area contributed by atoms with Gasteiger partial charge in [-0.25, -0.2) is 4.68 Å². The Labute approximate surface area is 176 Å². The molecule has 2 fully saturated rings. The molecule has 0 N–H and O–H groups in total. The molecule has 9 nitrogen and oxygen atoms in total. The van der Waals surface area contributed by atoms with Crippen molar-refractivity contribution in [3.63, 3.8) is 0 Å². The number of nitrogens with zero attached hydrogens (tertiary/aromatic N) is 6. The van der Waals surface area contributed by atoms with Crippen LogP contribution < -0.4 is 4.74 Å². The molecule has 1 amide bonds. The second kappa shape index (κ2) is 9.99. The van der Waals surface area contributed by atoms with Gasteiger partial charge in [-0.2, -0.15) is 0 Å². The smallest absolute Gasteiger partial charge is 0.224 e. The van der Waals surface area contributed by atoms with Crippen molar-refractivity contribution in [2.75, 3.05) is 40.0 Å². The van der Waals surface area contributed by atoms with Gasteiger partial charge in [0.1, 0.15) is 5.75 Å². The van der Waals surface area contributed by atoms with E-state index in [1.807, 2.05) is 23.1 Å². The Morgan fingerprint density at radius 3 is 2.93 bits per heavy atom. The van der Waals surface area contributed by atoms with Crippen LogP contribution in [0, 0.1) is 0 Å². The highest BCUT2D eigenvalue weighted by Gasteiger charge is 2.28. The number of likely N-dealkylation sites (tertiary alicyclic amines) is 1. The summed E-state index contributed by atoms with van der Waals surface area (Å²) in [5.41, 5.74) is 1.14. The summed E-state index contributed by atoms with van der Waals surface area (Å²) in [6.45, 7) is 5.19. The van der Waals surface area contributed by atoms with Gasteiger partial charge in [0, 0.05) is 26.1 Å². The second-order valence-electron chi connectivity index (χ2n) is 7.83. The molecule has 0 bridgehead atoms. The van der Waals surface area contributed by atoms with Crippen LogP contribution in [0.1, 0.15) is 43.1 Å². The number of benzene rings is 1. The normalized spacial score (nSPS) is 20.3. The number of hydrogen-bond donors (Lipinski definition) is 0. The van der Waals surface area contributed by atoms with Crippen LogP contribution in [0.3, 0.4) is 0 Å². The van der Waals surface area contributed by atoms with Crippen molar-refractivity contribution in [2.45, 2.75) is 44.8 Å². The van der Waals surface area contributed by atoms with E-state index in [0.29, 0.717) is 19.5 Å². The summed E-state index contributed by atoms with van der Waals surface area (Å²) in [5, 5.41) is 12.1. The number of rotatable bonds is 7. The fourth-order valence-electron chi connectivity index (χ4n) is 4.24. The number of aryl methyl sites for hydroxylation is 1. The predicted molar refractivity (Wildman–Crippen MR) is 110 cm³/mol. The number of morpholine rings is 1. The third-order valence-electron chi connectivity index (χ3n) is 5.91. The van der Waals surface area contributed by atoms with Gasteiger partial charge in [-0.05, 0) is 47.4 Å². The van der Waals surface area contributed by atoms with Crippen LogP contribution in [0.4, 0.5) is 0 Å². The van der Waals surface area contributed by atoms with Crippen molar-refractivity contribution in [2.24, 2.45) is 0 Å². The molecule has 9 heteroatoms. The van der Waals surface area contributed by atoms with Crippen LogP contribution >= 0.6 is 0 Å². The Morgan fingerprint density at radius 1 is 1.23 bits per heavy atom. The maximum absolute atomic E-state index is 13.1. The number of aromatic nitrogens is 4. The van der Waals surface area contributed by atoms with E-state index in [4.69, 9.17) is 9.47 Å². The van der Waals surface area contributed by atoms with Gasteiger partial charge in [0.15, 0.2) is 5.82 Å². The molecule has 3 heterocycles. The number of carbonyl (C=O) groups excluding carboxylic acids is 1. The zero-order chi connectivity index (χ0) is 20.8. The van der Waals surface area contributed by atoms with Gasteiger partial charge in [0.2, 0.25) is 5.91 Å². The first-order valence-electron chi connectivity index (χ1n) is 10.7. The third kappa shape index (κ3) is 4.96. The lowest BCUT2D eigenvalue weighted by Crippen LogP contribution is -2.39. The third-order valence-corrected chi connectivity index (χ3v) is 5.91. The molecule has 0 spiro atoms. The highest BCUT2D eigenvalue weighted by molar-refractivity contribution is 5.76. The summed E-state index contributed by atoms with van der Waals surface area (Å²) in [6, 6.07) is 8.15.